The number of carbonyl (C=O) groups excluding carboxylic acids is 2. The van der Waals surface area contributed by atoms with Crippen LogP contribution in [0, 0.1) is 17.6 Å². The third-order valence-electron chi connectivity index (χ3n) is 3.86. The number of amides is 1. The second-order valence-corrected chi connectivity index (χ2v) is 6.02. The number of fused-ring (bicyclic) bond motifs is 1. The van der Waals surface area contributed by atoms with Crippen LogP contribution < -0.4 is 11.1 Å². The predicted octanol–water partition coefficient (Wildman–Crippen LogP) is 1.32. The Labute approximate surface area is 138 Å². The SMILES string of the molecule is CCOC(=O)C1Cc2c(F)c(N)c(NC(=O)CN(C)C)c(F)c2C1. The average Bonchev–Trinajstić information content (AvgIpc) is 2.94. The van der Waals surface area contributed by atoms with E-state index >= 15 is 0 Å². The molecule has 0 saturated carbocycles. The second kappa shape index (κ2) is 7.12. The van der Waals surface area contributed by atoms with E-state index < -0.39 is 35.1 Å². The van der Waals surface area contributed by atoms with Crippen molar-refractivity contribution in [2.24, 2.45) is 5.92 Å². The van der Waals surface area contributed by atoms with Crippen LogP contribution in [0.25, 0.3) is 0 Å². The first kappa shape index (κ1) is 18.1. The number of likely N-dealkylation sites (N-methyl/N-ethyl adjacent to an activating group) is 1. The summed E-state index contributed by atoms with van der Waals surface area (Å²) in [6, 6.07) is 0. The molecule has 1 unspecified atom stereocenters. The lowest BCUT2D eigenvalue weighted by molar-refractivity contribution is -0.147. The maximum Gasteiger partial charge on any atom is 0.309 e. The van der Waals surface area contributed by atoms with Crippen LogP contribution in [-0.4, -0.2) is 44.0 Å². The van der Waals surface area contributed by atoms with Crippen molar-refractivity contribution in [3.8, 4) is 0 Å². The fourth-order valence-electron chi connectivity index (χ4n) is 2.81. The Morgan fingerprint density at radius 3 is 2.38 bits per heavy atom. The molecule has 0 heterocycles. The number of halogens is 2. The first-order valence-corrected chi connectivity index (χ1v) is 7.65. The van der Waals surface area contributed by atoms with Gasteiger partial charge >= 0.3 is 5.97 Å². The highest BCUT2D eigenvalue weighted by atomic mass is 19.1. The number of carbonyl (C=O) groups is 2. The van der Waals surface area contributed by atoms with Gasteiger partial charge < -0.3 is 20.7 Å². The fraction of sp³-hybridized carbons (Fsp3) is 0.500. The van der Waals surface area contributed by atoms with Gasteiger partial charge in [0, 0.05) is 0 Å². The second-order valence-electron chi connectivity index (χ2n) is 6.02. The molecule has 1 aliphatic rings. The maximum atomic E-state index is 14.7. The molecular weight excluding hydrogens is 320 g/mol. The van der Waals surface area contributed by atoms with Gasteiger partial charge in [-0.15, -0.1) is 0 Å². The van der Waals surface area contributed by atoms with Crippen molar-refractivity contribution in [1.29, 1.82) is 0 Å². The number of esters is 1. The number of nitrogens with two attached hydrogens (primary N) is 1. The molecule has 0 aliphatic heterocycles. The highest BCUT2D eigenvalue weighted by Gasteiger charge is 2.35. The van der Waals surface area contributed by atoms with Crippen LogP contribution in [0.4, 0.5) is 20.2 Å². The third-order valence-corrected chi connectivity index (χ3v) is 3.86. The number of anilines is 2. The summed E-state index contributed by atoms with van der Waals surface area (Å²) in [5.41, 5.74) is 4.97. The van der Waals surface area contributed by atoms with Crippen LogP contribution in [0.5, 0.6) is 0 Å². The number of hydrogen-bond donors (Lipinski definition) is 2. The maximum absolute atomic E-state index is 14.7. The molecule has 0 bridgehead atoms. The summed E-state index contributed by atoms with van der Waals surface area (Å²) < 4.78 is 34.1. The van der Waals surface area contributed by atoms with E-state index in [0.717, 1.165) is 0 Å². The molecule has 0 radical (unpaired) electrons. The largest absolute Gasteiger partial charge is 0.466 e. The summed E-state index contributed by atoms with van der Waals surface area (Å²) in [5, 5.41) is 2.31. The minimum atomic E-state index is -0.793. The van der Waals surface area contributed by atoms with Crippen molar-refractivity contribution in [2.45, 2.75) is 19.8 Å². The Morgan fingerprint density at radius 1 is 1.25 bits per heavy atom. The first-order chi connectivity index (χ1) is 11.3. The Morgan fingerprint density at radius 2 is 1.83 bits per heavy atom. The number of hydrogen-bond acceptors (Lipinski definition) is 5. The van der Waals surface area contributed by atoms with Gasteiger partial charge in [0.15, 0.2) is 11.6 Å². The molecule has 0 spiro atoms. The lowest BCUT2D eigenvalue weighted by atomic mass is 10.1. The van der Waals surface area contributed by atoms with Gasteiger partial charge in [0.1, 0.15) is 5.69 Å². The smallest absolute Gasteiger partial charge is 0.309 e. The van der Waals surface area contributed by atoms with Gasteiger partial charge in [-0.25, -0.2) is 8.78 Å². The normalized spacial score (nSPS) is 16.2. The Hall–Kier alpha value is -2.22. The van der Waals surface area contributed by atoms with E-state index in [1.165, 1.54) is 0 Å². The molecule has 1 atom stereocenters. The van der Waals surface area contributed by atoms with Crippen LogP contribution in [0.2, 0.25) is 0 Å². The quantitative estimate of drug-likeness (QED) is 0.623. The summed E-state index contributed by atoms with van der Waals surface area (Å²) in [6.45, 7) is 1.87. The zero-order valence-electron chi connectivity index (χ0n) is 13.9. The van der Waals surface area contributed by atoms with Crippen LogP contribution in [0.15, 0.2) is 0 Å². The Kier molecular flexibility index (Phi) is 5.38. The van der Waals surface area contributed by atoms with Crippen LogP contribution in [0.3, 0.4) is 0 Å². The lowest BCUT2D eigenvalue weighted by Gasteiger charge is -2.15. The Bertz CT molecular complexity index is 677. The number of nitrogens with zero attached hydrogens (tertiary/aromatic N) is 1. The number of nitrogens with one attached hydrogen (secondary N) is 1. The van der Waals surface area contributed by atoms with Gasteiger partial charge in [0.2, 0.25) is 5.91 Å². The molecule has 3 N–H and O–H groups in total. The molecule has 24 heavy (non-hydrogen) atoms. The van der Waals surface area contributed by atoms with Crippen molar-refractivity contribution < 1.29 is 23.1 Å². The fourth-order valence-corrected chi connectivity index (χ4v) is 2.81. The summed E-state index contributed by atoms with van der Waals surface area (Å²) in [5.74, 6) is -3.23. The average molecular weight is 341 g/mol. The van der Waals surface area contributed by atoms with E-state index in [1.54, 1.807) is 25.9 Å². The lowest BCUT2D eigenvalue weighted by Crippen LogP contribution is -2.28. The van der Waals surface area contributed by atoms with Crippen LogP contribution >= 0.6 is 0 Å². The van der Waals surface area contributed by atoms with Gasteiger partial charge in [0.05, 0.1) is 24.8 Å². The highest BCUT2D eigenvalue weighted by Crippen LogP contribution is 2.39. The molecule has 132 valence electrons. The van der Waals surface area contributed by atoms with Crippen molar-refractivity contribution in [3.63, 3.8) is 0 Å². The molecule has 8 heteroatoms. The molecule has 1 aliphatic carbocycles. The molecule has 0 saturated heterocycles. The molecule has 6 nitrogen and oxygen atoms in total. The van der Waals surface area contributed by atoms with E-state index in [-0.39, 0.29) is 42.8 Å². The topological polar surface area (TPSA) is 84.7 Å². The number of rotatable bonds is 5. The summed E-state index contributed by atoms with van der Waals surface area (Å²) >= 11 is 0. The number of benzene rings is 1. The van der Waals surface area contributed by atoms with Gasteiger partial charge in [-0.2, -0.15) is 0 Å². The summed E-state index contributed by atoms with van der Waals surface area (Å²) in [7, 11) is 3.35. The molecule has 1 aromatic carbocycles. The van der Waals surface area contributed by atoms with Gasteiger partial charge in [0.25, 0.3) is 0 Å². The molecule has 0 aromatic heterocycles. The predicted molar refractivity (Wildman–Crippen MR) is 85.5 cm³/mol. The zero-order valence-corrected chi connectivity index (χ0v) is 13.9. The number of nitrogen functional groups attached to an aromatic ring is 1. The third kappa shape index (κ3) is 3.48. The van der Waals surface area contributed by atoms with Crippen LogP contribution in [-0.2, 0) is 27.2 Å². The summed E-state index contributed by atoms with van der Waals surface area (Å²) in [6.07, 6.45) is 0.0563. The first-order valence-electron chi connectivity index (χ1n) is 7.65. The van der Waals surface area contributed by atoms with E-state index in [0.29, 0.717) is 0 Å². The molecule has 2 rings (SSSR count). The minimum absolute atomic E-state index is 0.00301. The highest BCUT2D eigenvalue weighted by molar-refractivity contribution is 5.96. The van der Waals surface area contributed by atoms with Crippen molar-refractivity contribution >= 4 is 23.3 Å². The van der Waals surface area contributed by atoms with Gasteiger partial charge in [-0.1, -0.05) is 0 Å². The zero-order chi connectivity index (χ0) is 18.0. The van der Waals surface area contributed by atoms with E-state index in [4.69, 9.17) is 10.5 Å². The van der Waals surface area contributed by atoms with Crippen LogP contribution in [0.1, 0.15) is 18.1 Å². The Balaban J connectivity index is 2.32. The van der Waals surface area contributed by atoms with Gasteiger partial charge in [-0.05, 0) is 45.0 Å². The monoisotopic (exact) mass is 341 g/mol. The van der Waals surface area contributed by atoms with E-state index in [1.807, 2.05) is 0 Å². The van der Waals surface area contributed by atoms with Crippen molar-refractivity contribution in [1.82, 2.24) is 4.90 Å². The molecule has 1 amide bonds. The van der Waals surface area contributed by atoms with Crippen molar-refractivity contribution in [3.05, 3.63) is 22.8 Å². The minimum Gasteiger partial charge on any atom is -0.466 e. The molecule has 1 aromatic rings. The standard InChI is InChI=1S/C16H21F2N3O3/c1-4-24-16(23)8-5-9-10(6-8)13(18)15(14(19)12(9)17)20-11(22)7-21(2)3/h8H,4-7,19H2,1-3H3,(H,20,22). The van der Waals surface area contributed by atoms with Gasteiger partial charge in [-0.3, -0.25) is 9.59 Å². The number of ether oxygens (including phenoxy) is 1. The van der Waals surface area contributed by atoms with Crippen molar-refractivity contribution in [2.75, 3.05) is 38.3 Å². The van der Waals surface area contributed by atoms with E-state index in [2.05, 4.69) is 5.32 Å². The summed E-state index contributed by atoms with van der Waals surface area (Å²) in [4.78, 5) is 25.2. The molecule has 0 fully saturated rings. The molecular formula is C16H21F2N3O3. The van der Waals surface area contributed by atoms with E-state index in [9.17, 15) is 18.4 Å².